The van der Waals surface area contributed by atoms with Crippen LogP contribution in [0, 0.1) is 0 Å². The van der Waals surface area contributed by atoms with Crippen molar-refractivity contribution in [3.05, 3.63) is 54.2 Å². The first-order valence-corrected chi connectivity index (χ1v) is 6.77. The van der Waals surface area contributed by atoms with E-state index in [1.165, 1.54) is 11.8 Å². The van der Waals surface area contributed by atoms with Gasteiger partial charge in [0.1, 0.15) is 0 Å². The minimum absolute atomic E-state index is 0.441. The molecule has 0 amide bonds. The maximum Gasteiger partial charge on any atom is 0.311 e. The normalized spacial score (nSPS) is 12.0. The second-order valence-electron chi connectivity index (χ2n) is 4.04. The van der Waals surface area contributed by atoms with E-state index in [2.05, 4.69) is 4.98 Å². The minimum Gasteiger partial charge on any atom is -0.481 e. The number of nitrogen functional groups attached to an aromatic ring is 1. The van der Waals surface area contributed by atoms with E-state index in [1.54, 1.807) is 18.3 Å². The first-order chi connectivity index (χ1) is 9.16. The van der Waals surface area contributed by atoms with Crippen LogP contribution in [0.3, 0.4) is 0 Å². The van der Waals surface area contributed by atoms with E-state index in [0.29, 0.717) is 11.4 Å². The molecule has 1 unspecified atom stereocenters. The number of anilines is 1. The van der Waals surface area contributed by atoms with Crippen LogP contribution < -0.4 is 5.73 Å². The molecule has 0 radical (unpaired) electrons. The first kappa shape index (κ1) is 13.4. The number of carbonyl (C=O) groups is 1. The number of carboxylic acid groups (broad SMARTS) is 1. The number of pyridine rings is 1. The van der Waals surface area contributed by atoms with Gasteiger partial charge in [0.05, 0.1) is 22.8 Å². The Morgan fingerprint density at radius 3 is 2.58 bits per heavy atom. The highest BCUT2D eigenvalue weighted by Gasteiger charge is 2.19. The van der Waals surface area contributed by atoms with Crippen molar-refractivity contribution in [2.75, 3.05) is 11.5 Å². The summed E-state index contributed by atoms with van der Waals surface area (Å²) >= 11 is 1.41. The van der Waals surface area contributed by atoms with Crippen molar-refractivity contribution in [3.63, 3.8) is 0 Å². The van der Waals surface area contributed by atoms with Crippen LogP contribution in [0.1, 0.15) is 11.5 Å². The van der Waals surface area contributed by atoms with E-state index < -0.39 is 11.9 Å². The number of hydrogen-bond donors (Lipinski definition) is 2. The first-order valence-electron chi connectivity index (χ1n) is 5.79. The van der Waals surface area contributed by atoms with E-state index in [-0.39, 0.29) is 0 Å². The van der Waals surface area contributed by atoms with Gasteiger partial charge < -0.3 is 10.8 Å². The van der Waals surface area contributed by atoms with Crippen LogP contribution in [-0.4, -0.2) is 21.8 Å². The quantitative estimate of drug-likeness (QED) is 0.820. The Balaban J connectivity index is 2.06. The predicted octanol–water partition coefficient (Wildman–Crippen LogP) is 2.62. The summed E-state index contributed by atoms with van der Waals surface area (Å²) in [5.74, 6) is -0.921. The third kappa shape index (κ3) is 3.72. The largest absolute Gasteiger partial charge is 0.481 e. The van der Waals surface area contributed by atoms with Gasteiger partial charge in [0.25, 0.3) is 0 Å². The molecule has 3 N–H and O–H groups in total. The Hall–Kier alpha value is -2.01. The molecule has 2 aromatic rings. The van der Waals surface area contributed by atoms with E-state index in [0.717, 1.165) is 10.6 Å². The molecule has 0 bridgehead atoms. The third-order valence-electron chi connectivity index (χ3n) is 2.66. The van der Waals surface area contributed by atoms with Crippen molar-refractivity contribution in [1.29, 1.82) is 0 Å². The SMILES string of the molecule is Nc1ccc(SCC(C(=O)O)c2ccccc2)nc1. The number of aromatic nitrogens is 1. The second kappa shape index (κ2) is 6.24. The molecule has 0 aliphatic carbocycles. The summed E-state index contributed by atoms with van der Waals surface area (Å²) in [4.78, 5) is 15.5. The fourth-order valence-electron chi connectivity index (χ4n) is 1.64. The summed E-state index contributed by atoms with van der Waals surface area (Å²) in [5.41, 5.74) is 6.96. The number of thioether (sulfide) groups is 1. The van der Waals surface area contributed by atoms with Gasteiger partial charge in [-0.15, -0.1) is 11.8 Å². The Morgan fingerprint density at radius 2 is 2.00 bits per heavy atom. The average Bonchev–Trinajstić information content (AvgIpc) is 2.42. The number of carboxylic acids is 1. The minimum atomic E-state index is -0.825. The van der Waals surface area contributed by atoms with Crippen molar-refractivity contribution in [2.45, 2.75) is 10.9 Å². The molecule has 0 aliphatic rings. The van der Waals surface area contributed by atoms with Gasteiger partial charge in [-0.3, -0.25) is 4.79 Å². The van der Waals surface area contributed by atoms with Crippen LogP contribution in [0.2, 0.25) is 0 Å². The molecular weight excluding hydrogens is 260 g/mol. The highest BCUT2D eigenvalue weighted by atomic mass is 32.2. The van der Waals surface area contributed by atoms with E-state index in [9.17, 15) is 9.90 Å². The van der Waals surface area contributed by atoms with Crippen LogP contribution in [0.15, 0.2) is 53.7 Å². The molecule has 1 aromatic carbocycles. The Bertz CT molecular complexity index is 543. The monoisotopic (exact) mass is 274 g/mol. The molecule has 1 atom stereocenters. The highest BCUT2D eigenvalue weighted by Crippen LogP contribution is 2.25. The van der Waals surface area contributed by atoms with Gasteiger partial charge in [0.2, 0.25) is 0 Å². The third-order valence-corrected chi connectivity index (χ3v) is 3.69. The van der Waals surface area contributed by atoms with Crippen molar-refractivity contribution in [1.82, 2.24) is 4.98 Å². The van der Waals surface area contributed by atoms with Gasteiger partial charge in [0.15, 0.2) is 0 Å². The van der Waals surface area contributed by atoms with Crippen LogP contribution in [0.25, 0.3) is 0 Å². The molecular formula is C14H14N2O2S. The zero-order chi connectivity index (χ0) is 13.7. The Kier molecular flexibility index (Phi) is 4.41. The molecule has 1 heterocycles. The lowest BCUT2D eigenvalue weighted by atomic mass is 10.0. The maximum atomic E-state index is 11.3. The number of hydrogen-bond acceptors (Lipinski definition) is 4. The van der Waals surface area contributed by atoms with Crippen molar-refractivity contribution in [2.24, 2.45) is 0 Å². The van der Waals surface area contributed by atoms with Gasteiger partial charge in [-0.2, -0.15) is 0 Å². The lowest BCUT2D eigenvalue weighted by molar-refractivity contribution is -0.138. The van der Waals surface area contributed by atoms with Crippen molar-refractivity contribution in [3.8, 4) is 0 Å². The van der Waals surface area contributed by atoms with Gasteiger partial charge in [-0.05, 0) is 17.7 Å². The number of nitrogens with two attached hydrogens (primary N) is 1. The molecule has 0 fully saturated rings. The van der Waals surface area contributed by atoms with E-state index in [1.807, 2.05) is 30.3 Å². The molecule has 0 saturated carbocycles. The van der Waals surface area contributed by atoms with Gasteiger partial charge in [0, 0.05) is 5.75 Å². The molecule has 5 heteroatoms. The average molecular weight is 274 g/mol. The summed E-state index contributed by atoms with van der Waals surface area (Å²) < 4.78 is 0. The number of nitrogens with zero attached hydrogens (tertiary/aromatic N) is 1. The van der Waals surface area contributed by atoms with Crippen LogP contribution >= 0.6 is 11.8 Å². The van der Waals surface area contributed by atoms with E-state index in [4.69, 9.17) is 5.73 Å². The number of aliphatic carboxylic acids is 1. The zero-order valence-electron chi connectivity index (χ0n) is 10.2. The Labute approximate surface area is 115 Å². The summed E-state index contributed by atoms with van der Waals surface area (Å²) in [6, 6.07) is 12.8. The smallest absolute Gasteiger partial charge is 0.311 e. The fourth-order valence-corrected chi connectivity index (χ4v) is 2.61. The lowest BCUT2D eigenvalue weighted by Crippen LogP contribution is -2.14. The second-order valence-corrected chi connectivity index (χ2v) is 5.08. The van der Waals surface area contributed by atoms with Gasteiger partial charge in [-0.25, -0.2) is 4.98 Å². The molecule has 2 rings (SSSR count). The highest BCUT2D eigenvalue weighted by molar-refractivity contribution is 7.99. The van der Waals surface area contributed by atoms with E-state index >= 15 is 0 Å². The van der Waals surface area contributed by atoms with Gasteiger partial charge >= 0.3 is 5.97 Å². The summed E-state index contributed by atoms with van der Waals surface area (Å²) in [6.45, 7) is 0. The number of rotatable bonds is 5. The molecule has 1 aromatic heterocycles. The van der Waals surface area contributed by atoms with Crippen LogP contribution in [-0.2, 0) is 4.79 Å². The van der Waals surface area contributed by atoms with Crippen molar-refractivity contribution < 1.29 is 9.90 Å². The predicted molar refractivity (Wildman–Crippen MR) is 76.2 cm³/mol. The standard InChI is InChI=1S/C14H14N2O2S/c15-11-6-7-13(16-8-11)19-9-12(14(17)18)10-4-2-1-3-5-10/h1-8,12H,9,15H2,(H,17,18). The van der Waals surface area contributed by atoms with Crippen molar-refractivity contribution >= 4 is 23.4 Å². The van der Waals surface area contributed by atoms with Crippen LogP contribution in [0.4, 0.5) is 5.69 Å². The molecule has 0 saturated heterocycles. The maximum absolute atomic E-state index is 11.3. The topological polar surface area (TPSA) is 76.2 Å². The van der Waals surface area contributed by atoms with Gasteiger partial charge in [-0.1, -0.05) is 30.3 Å². The molecule has 0 spiro atoms. The summed E-state index contributed by atoms with van der Waals surface area (Å²) in [7, 11) is 0. The molecule has 0 aliphatic heterocycles. The molecule has 98 valence electrons. The lowest BCUT2D eigenvalue weighted by Gasteiger charge is -2.11. The summed E-state index contributed by atoms with van der Waals surface area (Å²) in [5, 5.41) is 10.1. The number of benzene rings is 1. The molecule has 4 nitrogen and oxygen atoms in total. The Morgan fingerprint density at radius 1 is 1.26 bits per heavy atom. The molecule has 19 heavy (non-hydrogen) atoms. The fraction of sp³-hybridized carbons (Fsp3) is 0.143. The summed E-state index contributed by atoms with van der Waals surface area (Å²) in [6.07, 6.45) is 1.57. The van der Waals surface area contributed by atoms with Crippen LogP contribution in [0.5, 0.6) is 0 Å². The zero-order valence-corrected chi connectivity index (χ0v) is 11.0.